The summed E-state index contributed by atoms with van der Waals surface area (Å²) in [6.45, 7) is 2.71. The molecule has 3 rings (SSSR count). The van der Waals surface area contributed by atoms with Gasteiger partial charge < -0.3 is 20.1 Å². The minimum atomic E-state index is 0.531. The van der Waals surface area contributed by atoms with Crippen LogP contribution in [0.25, 0.3) is 0 Å². The third-order valence-corrected chi connectivity index (χ3v) is 4.06. The molecular weight excluding hydrogens is 340 g/mol. The second-order valence-electron chi connectivity index (χ2n) is 6.07. The van der Waals surface area contributed by atoms with Crippen molar-refractivity contribution in [3.63, 3.8) is 0 Å². The largest absolute Gasteiger partial charge is 0.497 e. The lowest BCUT2D eigenvalue weighted by molar-refractivity contribution is 0.414. The van der Waals surface area contributed by atoms with Crippen LogP contribution >= 0.6 is 0 Å². The predicted molar refractivity (Wildman–Crippen MR) is 108 cm³/mol. The summed E-state index contributed by atoms with van der Waals surface area (Å²) in [5, 5.41) is 6.59. The third kappa shape index (κ3) is 5.10. The maximum Gasteiger partial charge on any atom is 0.229 e. The van der Waals surface area contributed by atoms with E-state index in [1.807, 2.05) is 55.5 Å². The summed E-state index contributed by atoms with van der Waals surface area (Å²) < 4.78 is 10.6. The van der Waals surface area contributed by atoms with Crippen LogP contribution in [0.4, 0.5) is 17.5 Å². The monoisotopic (exact) mass is 364 g/mol. The molecule has 6 nitrogen and oxygen atoms in total. The molecule has 1 aromatic heterocycles. The van der Waals surface area contributed by atoms with Gasteiger partial charge in [0.25, 0.3) is 0 Å². The fourth-order valence-electron chi connectivity index (χ4n) is 2.75. The van der Waals surface area contributed by atoms with Gasteiger partial charge in [-0.05, 0) is 43.2 Å². The molecule has 0 saturated heterocycles. The number of methoxy groups -OCH3 is 2. The molecular formula is C21H24N4O2. The van der Waals surface area contributed by atoms with E-state index in [-0.39, 0.29) is 0 Å². The number of hydrogen-bond donors (Lipinski definition) is 2. The van der Waals surface area contributed by atoms with Crippen LogP contribution in [0.2, 0.25) is 0 Å². The molecule has 0 amide bonds. The predicted octanol–water partition coefficient (Wildman–Crippen LogP) is 4.20. The van der Waals surface area contributed by atoms with Crippen molar-refractivity contribution in [3.8, 4) is 11.5 Å². The number of benzene rings is 2. The Bertz CT molecular complexity index is 899. The van der Waals surface area contributed by atoms with Crippen LogP contribution in [0, 0.1) is 6.92 Å². The number of nitrogens with one attached hydrogen (secondary N) is 2. The van der Waals surface area contributed by atoms with E-state index in [1.165, 1.54) is 5.56 Å². The molecule has 0 radical (unpaired) electrons. The molecule has 3 aromatic rings. The summed E-state index contributed by atoms with van der Waals surface area (Å²) >= 11 is 0. The van der Waals surface area contributed by atoms with Gasteiger partial charge in [0.15, 0.2) is 0 Å². The first-order chi connectivity index (χ1) is 13.2. The van der Waals surface area contributed by atoms with Crippen LogP contribution in [0.1, 0.15) is 11.3 Å². The highest BCUT2D eigenvalue weighted by Crippen LogP contribution is 2.26. The van der Waals surface area contributed by atoms with Crippen LogP contribution in [0.5, 0.6) is 11.5 Å². The van der Waals surface area contributed by atoms with Gasteiger partial charge >= 0.3 is 0 Å². The Labute approximate surface area is 159 Å². The Morgan fingerprint density at radius 1 is 0.926 bits per heavy atom. The van der Waals surface area contributed by atoms with E-state index in [1.54, 1.807) is 14.2 Å². The van der Waals surface area contributed by atoms with E-state index in [2.05, 4.69) is 26.7 Å². The van der Waals surface area contributed by atoms with E-state index in [9.17, 15) is 0 Å². The van der Waals surface area contributed by atoms with Crippen molar-refractivity contribution in [2.45, 2.75) is 13.3 Å². The number of para-hydroxylation sites is 2. The van der Waals surface area contributed by atoms with Crippen molar-refractivity contribution in [1.82, 2.24) is 9.97 Å². The molecule has 0 aliphatic rings. The van der Waals surface area contributed by atoms with Crippen molar-refractivity contribution in [2.75, 3.05) is 31.4 Å². The highest BCUT2D eigenvalue weighted by atomic mass is 16.5. The Morgan fingerprint density at radius 2 is 1.78 bits per heavy atom. The van der Waals surface area contributed by atoms with Gasteiger partial charge in [-0.1, -0.05) is 24.3 Å². The Morgan fingerprint density at radius 3 is 2.59 bits per heavy atom. The lowest BCUT2D eigenvalue weighted by Gasteiger charge is -2.12. The summed E-state index contributed by atoms with van der Waals surface area (Å²) in [6.07, 6.45) is 0.871. The first-order valence-electron chi connectivity index (χ1n) is 8.80. The molecule has 6 heteroatoms. The van der Waals surface area contributed by atoms with Gasteiger partial charge in [0.05, 0.1) is 19.9 Å². The number of rotatable bonds is 8. The number of ether oxygens (including phenoxy) is 2. The number of aromatic nitrogens is 2. The molecule has 0 aliphatic carbocycles. The van der Waals surface area contributed by atoms with E-state index in [0.29, 0.717) is 5.95 Å². The van der Waals surface area contributed by atoms with Gasteiger partial charge in [0.2, 0.25) is 5.95 Å². The molecule has 0 spiro atoms. The molecule has 0 bridgehead atoms. The van der Waals surface area contributed by atoms with Crippen molar-refractivity contribution >= 4 is 17.5 Å². The van der Waals surface area contributed by atoms with Crippen LogP contribution < -0.4 is 20.1 Å². The first kappa shape index (κ1) is 18.5. The Kier molecular flexibility index (Phi) is 6.10. The fraction of sp³-hybridized carbons (Fsp3) is 0.238. The highest BCUT2D eigenvalue weighted by molar-refractivity contribution is 5.63. The van der Waals surface area contributed by atoms with Crippen molar-refractivity contribution in [3.05, 3.63) is 65.9 Å². The van der Waals surface area contributed by atoms with Crippen molar-refractivity contribution in [1.29, 1.82) is 0 Å². The van der Waals surface area contributed by atoms with Gasteiger partial charge in [-0.3, -0.25) is 0 Å². The second-order valence-corrected chi connectivity index (χ2v) is 6.07. The van der Waals surface area contributed by atoms with Gasteiger partial charge in [-0.2, -0.15) is 4.98 Å². The van der Waals surface area contributed by atoms with Gasteiger partial charge in [-0.25, -0.2) is 4.98 Å². The van der Waals surface area contributed by atoms with Crippen LogP contribution in [-0.4, -0.2) is 30.7 Å². The molecule has 2 N–H and O–H groups in total. The molecule has 2 aromatic carbocycles. The molecule has 0 saturated carbocycles. The van der Waals surface area contributed by atoms with E-state index in [4.69, 9.17) is 9.47 Å². The zero-order valence-electron chi connectivity index (χ0n) is 15.8. The standard InChI is InChI=1S/C21H24N4O2/c1-15-13-20(22-12-11-16-7-6-8-17(14-16)26-2)25-21(23-15)24-18-9-4-5-10-19(18)27-3/h4-10,13-14H,11-12H2,1-3H3,(H2,22,23,24,25). The average molecular weight is 364 g/mol. The Hall–Kier alpha value is -3.28. The minimum absolute atomic E-state index is 0.531. The van der Waals surface area contributed by atoms with E-state index >= 15 is 0 Å². The average Bonchev–Trinajstić information content (AvgIpc) is 2.68. The number of anilines is 3. The number of nitrogens with zero attached hydrogens (tertiary/aromatic N) is 2. The summed E-state index contributed by atoms with van der Waals surface area (Å²) in [7, 11) is 3.32. The third-order valence-electron chi connectivity index (χ3n) is 4.06. The Balaban J connectivity index is 1.66. The van der Waals surface area contributed by atoms with Crippen LogP contribution in [0.3, 0.4) is 0 Å². The topological polar surface area (TPSA) is 68.3 Å². The minimum Gasteiger partial charge on any atom is -0.497 e. The van der Waals surface area contributed by atoms with Gasteiger partial charge in [0, 0.05) is 18.3 Å². The normalized spacial score (nSPS) is 10.3. The van der Waals surface area contributed by atoms with Crippen LogP contribution in [-0.2, 0) is 6.42 Å². The molecule has 27 heavy (non-hydrogen) atoms. The van der Waals surface area contributed by atoms with E-state index < -0.39 is 0 Å². The van der Waals surface area contributed by atoms with Crippen molar-refractivity contribution in [2.24, 2.45) is 0 Å². The zero-order chi connectivity index (χ0) is 19.1. The zero-order valence-corrected chi connectivity index (χ0v) is 15.8. The lowest BCUT2D eigenvalue weighted by atomic mass is 10.1. The molecule has 0 unspecified atom stereocenters. The second kappa shape index (κ2) is 8.89. The smallest absolute Gasteiger partial charge is 0.229 e. The summed E-state index contributed by atoms with van der Waals surface area (Å²) in [5.41, 5.74) is 2.92. The fourth-order valence-corrected chi connectivity index (χ4v) is 2.75. The molecule has 0 aliphatic heterocycles. The maximum absolute atomic E-state index is 5.37. The summed E-state index contributed by atoms with van der Waals surface area (Å²) in [5.74, 6) is 2.93. The molecule has 1 heterocycles. The van der Waals surface area contributed by atoms with Crippen LogP contribution in [0.15, 0.2) is 54.6 Å². The molecule has 0 fully saturated rings. The number of aryl methyl sites for hydroxylation is 1. The van der Waals surface area contributed by atoms with Crippen molar-refractivity contribution < 1.29 is 9.47 Å². The van der Waals surface area contributed by atoms with Gasteiger partial charge in [-0.15, -0.1) is 0 Å². The molecule has 140 valence electrons. The summed E-state index contributed by atoms with van der Waals surface area (Å²) in [4.78, 5) is 9.01. The van der Waals surface area contributed by atoms with Gasteiger partial charge in [0.1, 0.15) is 17.3 Å². The maximum atomic E-state index is 5.37. The first-order valence-corrected chi connectivity index (χ1v) is 8.80. The SMILES string of the molecule is COc1cccc(CCNc2cc(C)nc(Nc3ccccc3OC)n2)c1. The highest BCUT2D eigenvalue weighted by Gasteiger charge is 2.06. The summed E-state index contributed by atoms with van der Waals surface area (Å²) in [6, 6.07) is 17.7. The molecule has 0 atom stereocenters. The lowest BCUT2D eigenvalue weighted by Crippen LogP contribution is -2.09. The number of hydrogen-bond acceptors (Lipinski definition) is 6. The quantitative estimate of drug-likeness (QED) is 0.624. The van der Waals surface area contributed by atoms with E-state index in [0.717, 1.165) is 41.7 Å².